The Morgan fingerprint density at radius 3 is 2.21 bits per heavy atom. The molecule has 0 saturated carbocycles. The van der Waals surface area contributed by atoms with Gasteiger partial charge in [0.15, 0.2) is 0 Å². The Kier molecular flexibility index (Phi) is 6.72. The van der Waals surface area contributed by atoms with E-state index in [1.165, 1.54) is 23.1 Å². The van der Waals surface area contributed by atoms with Crippen LogP contribution in [0.15, 0.2) is 66.7 Å². The lowest BCUT2D eigenvalue weighted by atomic mass is 10.1. The number of benzene rings is 3. The lowest BCUT2D eigenvalue weighted by Gasteiger charge is -2.12. The van der Waals surface area contributed by atoms with Crippen molar-refractivity contribution in [1.82, 2.24) is 4.90 Å². The van der Waals surface area contributed by atoms with Crippen LogP contribution in [0.1, 0.15) is 37.5 Å². The summed E-state index contributed by atoms with van der Waals surface area (Å²) in [5, 5.41) is 3.41. The number of nitrogens with one attached hydrogen (secondary N) is 1. The molecule has 8 heteroatoms. The molecule has 168 valence electrons. The van der Waals surface area contributed by atoms with Gasteiger partial charge in [-0.3, -0.25) is 19.3 Å². The number of carbonyl (C=O) groups is 3. The third-order valence-corrected chi connectivity index (χ3v) is 5.38. The second-order valence-electron chi connectivity index (χ2n) is 7.40. The Morgan fingerprint density at radius 2 is 1.55 bits per heavy atom. The molecule has 3 aromatic rings. The van der Waals surface area contributed by atoms with E-state index in [2.05, 4.69) is 5.32 Å². The number of hydrogen-bond acceptors (Lipinski definition) is 5. The summed E-state index contributed by atoms with van der Waals surface area (Å²) in [5.74, 6) is 0.108. The van der Waals surface area contributed by atoms with Gasteiger partial charge in [-0.2, -0.15) is 0 Å². The topological polar surface area (TPSA) is 84.9 Å². The molecule has 7 nitrogen and oxygen atoms in total. The number of rotatable bonds is 8. The second-order valence-corrected chi connectivity index (χ2v) is 7.84. The number of anilines is 1. The maximum Gasteiger partial charge on any atom is 0.261 e. The molecular formula is C25H21ClN2O5. The first-order chi connectivity index (χ1) is 16.0. The Balaban J connectivity index is 1.42. The van der Waals surface area contributed by atoms with Crippen LogP contribution in [-0.4, -0.2) is 42.9 Å². The molecular weight excluding hydrogens is 444 g/mol. The summed E-state index contributed by atoms with van der Waals surface area (Å²) in [7, 11) is 1.56. The van der Waals surface area contributed by atoms with Crippen molar-refractivity contribution in [1.29, 1.82) is 0 Å². The quantitative estimate of drug-likeness (QED) is 0.374. The Labute approximate surface area is 195 Å². The molecule has 0 radical (unpaired) electrons. The van der Waals surface area contributed by atoms with Gasteiger partial charge in [0.2, 0.25) is 0 Å². The molecule has 0 aliphatic carbocycles. The van der Waals surface area contributed by atoms with Crippen LogP contribution in [0.4, 0.5) is 5.69 Å². The second kappa shape index (κ2) is 9.85. The molecule has 1 aliphatic heterocycles. The molecule has 3 aromatic carbocycles. The number of amides is 3. The zero-order chi connectivity index (χ0) is 23.4. The Morgan fingerprint density at radius 1 is 0.909 bits per heavy atom. The van der Waals surface area contributed by atoms with Crippen LogP contribution in [0.3, 0.4) is 0 Å². The van der Waals surface area contributed by atoms with Gasteiger partial charge in [0.05, 0.1) is 11.1 Å². The van der Waals surface area contributed by atoms with E-state index in [9.17, 15) is 14.4 Å². The highest BCUT2D eigenvalue weighted by Gasteiger charge is 2.35. The van der Waals surface area contributed by atoms with E-state index in [0.29, 0.717) is 40.8 Å². The van der Waals surface area contributed by atoms with Crippen LogP contribution in [-0.2, 0) is 4.74 Å². The first-order valence-electron chi connectivity index (χ1n) is 10.3. The number of fused-ring (bicyclic) bond motifs is 1. The van der Waals surface area contributed by atoms with E-state index in [0.717, 1.165) is 0 Å². The van der Waals surface area contributed by atoms with Crippen molar-refractivity contribution in [3.63, 3.8) is 0 Å². The highest BCUT2D eigenvalue weighted by molar-refractivity contribution is 6.30. The molecule has 3 amide bonds. The molecule has 0 aromatic heterocycles. The van der Waals surface area contributed by atoms with Crippen LogP contribution in [0.25, 0.3) is 0 Å². The minimum atomic E-state index is -0.399. The number of nitrogens with zero attached hydrogens (tertiary/aromatic N) is 1. The number of halogens is 1. The van der Waals surface area contributed by atoms with Gasteiger partial charge in [0.1, 0.15) is 11.5 Å². The third-order valence-electron chi connectivity index (χ3n) is 5.12. The van der Waals surface area contributed by atoms with E-state index in [1.54, 1.807) is 55.6 Å². The zero-order valence-electron chi connectivity index (χ0n) is 17.8. The van der Waals surface area contributed by atoms with Gasteiger partial charge in [0.25, 0.3) is 17.7 Å². The largest absolute Gasteiger partial charge is 0.457 e. The summed E-state index contributed by atoms with van der Waals surface area (Å²) in [6.07, 6.45) is 0.549. The van der Waals surface area contributed by atoms with Crippen molar-refractivity contribution in [3.05, 3.63) is 88.4 Å². The first kappa shape index (κ1) is 22.5. The van der Waals surface area contributed by atoms with Gasteiger partial charge < -0.3 is 14.8 Å². The van der Waals surface area contributed by atoms with Gasteiger partial charge in [-0.1, -0.05) is 11.6 Å². The number of imide groups is 1. The van der Waals surface area contributed by atoms with Crippen LogP contribution in [0, 0.1) is 0 Å². The van der Waals surface area contributed by atoms with Crippen LogP contribution in [0.5, 0.6) is 11.5 Å². The van der Waals surface area contributed by atoms with E-state index in [4.69, 9.17) is 21.1 Å². The van der Waals surface area contributed by atoms with Gasteiger partial charge >= 0.3 is 0 Å². The zero-order valence-corrected chi connectivity index (χ0v) is 18.6. The minimum absolute atomic E-state index is 0.233. The molecule has 0 unspecified atom stereocenters. The lowest BCUT2D eigenvalue weighted by molar-refractivity contribution is 0.0638. The van der Waals surface area contributed by atoms with E-state index in [-0.39, 0.29) is 29.5 Å². The number of hydrogen-bond donors (Lipinski definition) is 1. The molecule has 0 spiro atoms. The van der Waals surface area contributed by atoms with Gasteiger partial charge in [0, 0.05) is 36.5 Å². The fraction of sp³-hybridized carbons (Fsp3) is 0.160. The summed E-state index contributed by atoms with van der Waals surface area (Å²) in [4.78, 5) is 39.1. The third kappa shape index (κ3) is 5.05. The monoisotopic (exact) mass is 464 g/mol. The molecule has 1 aliphatic rings. The molecule has 1 N–H and O–H groups in total. The summed E-state index contributed by atoms with van der Waals surface area (Å²) >= 11 is 5.88. The minimum Gasteiger partial charge on any atom is -0.457 e. The summed E-state index contributed by atoms with van der Waals surface area (Å²) in [6.45, 7) is 0.719. The lowest BCUT2D eigenvalue weighted by Crippen LogP contribution is -2.31. The predicted molar refractivity (Wildman–Crippen MR) is 124 cm³/mol. The Bertz CT molecular complexity index is 1190. The first-order valence-corrected chi connectivity index (χ1v) is 10.7. The van der Waals surface area contributed by atoms with E-state index in [1.807, 2.05) is 0 Å². The van der Waals surface area contributed by atoms with Gasteiger partial charge in [-0.25, -0.2) is 0 Å². The van der Waals surface area contributed by atoms with Crippen molar-refractivity contribution in [3.8, 4) is 11.5 Å². The van der Waals surface area contributed by atoms with E-state index < -0.39 is 5.91 Å². The molecule has 1 heterocycles. The van der Waals surface area contributed by atoms with Crippen molar-refractivity contribution in [2.24, 2.45) is 0 Å². The van der Waals surface area contributed by atoms with Crippen LogP contribution in [0.2, 0.25) is 5.02 Å². The molecule has 0 fully saturated rings. The molecule has 33 heavy (non-hydrogen) atoms. The normalized spacial score (nSPS) is 12.6. The average Bonchev–Trinajstić information content (AvgIpc) is 3.06. The molecule has 0 atom stereocenters. The standard InChI is InChI=1S/C25H21ClN2O5/c1-32-14-2-13-28-24(30)21-12-3-16(15-22(21)25(28)31)23(29)27-18-6-10-20(11-7-18)33-19-8-4-17(26)5-9-19/h3-12,15H,2,13-14H2,1H3,(H,27,29). The summed E-state index contributed by atoms with van der Waals surface area (Å²) in [5.41, 5.74) is 1.39. The highest BCUT2D eigenvalue weighted by Crippen LogP contribution is 2.26. The fourth-order valence-electron chi connectivity index (χ4n) is 3.45. The van der Waals surface area contributed by atoms with Crippen molar-refractivity contribution in [2.45, 2.75) is 6.42 Å². The number of methoxy groups -OCH3 is 1. The SMILES string of the molecule is COCCCN1C(=O)c2ccc(C(=O)Nc3ccc(Oc4ccc(Cl)cc4)cc3)cc2C1=O. The molecule has 0 saturated heterocycles. The van der Waals surface area contributed by atoms with Crippen molar-refractivity contribution < 1.29 is 23.9 Å². The smallest absolute Gasteiger partial charge is 0.261 e. The number of carbonyl (C=O) groups excluding carboxylic acids is 3. The van der Waals surface area contributed by atoms with Crippen LogP contribution < -0.4 is 10.1 Å². The summed E-state index contributed by atoms with van der Waals surface area (Å²) < 4.78 is 10.7. The maximum atomic E-state index is 12.7. The van der Waals surface area contributed by atoms with Crippen molar-refractivity contribution >= 4 is 35.0 Å². The predicted octanol–water partition coefficient (Wildman–Crippen LogP) is 5.02. The Hall–Kier alpha value is -3.68. The maximum absolute atomic E-state index is 12.7. The fourth-order valence-corrected chi connectivity index (χ4v) is 3.58. The van der Waals surface area contributed by atoms with Crippen molar-refractivity contribution in [2.75, 3.05) is 25.6 Å². The molecule has 0 bridgehead atoms. The van der Waals surface area contributed by atoms with Crippen LogP contribution >= 0.6 is 11.6 Å². The number of ether oxygens (including phenoxy) is 2. The average molecular weight is 465 g/mol. The molecule has 4 rings (SSSR count). The van der Waals surface area contributed by atoms with Gasteiger partial charge in [-0.05, 0) is 73.2 Å². The van der Waals surface area contributed by atoms with E-state index >= 15 is 0 Å². The van der Waals surface area contributed by atoms with Gasteiger partial charge in [-0.15, -0.1) is 0 Å². The highest BCUT2D eigenvalue weighted by atomic mass is 35.5. The summed E-state index contributed by atoms with van der Waals surface area (Å²) in [6, 6.07) is 18.4.